The number of hydrogen-bond donors (Lipinski definition) is 0. The van der Waals surface area contributed by atoms with Gasteiger partial charge in [-0.2, -0.15) is 5.10 Å². The van der Waals surface area contributed by atoms with E-state index in [2.05, 4.69) is 44.8 Å². The number of aromatic nitrogens is 4. The van der Waals surface area contributed by atoms with Crippen molar-refractivity contribution in [2.45, 2.75) is 38.8 Å². The molecule has 5 heteroatoms. The Kier molecular flexibility index (Phi) is 4.65. The number of likely N-dealkylation sites (tertiary alicyclic amines) is 1. The summed E-state index contributed by atoms with van der Waals surface area (Å²) in [7, 11) is 0. The van der Waals surface area contributed by atoms with Crippen molar-refractivity contribution in [3.05, 3.63) is 55.2 Å². The van der Waals surface area contributed by atoms with E-state index in [9.17, 15) is 0 Å². The quantitative estimate of drug-likeness (QED) is 0.715. The minimum Gasteiger partial charge on any atom is -0.329 e. The number of rotatable bonds is 5. The van der Waals surface area contributed by atoms with Crippen LogP contribution in [0.5, 0.6) is 0 Å². The van der Waals surface area contributed by atoms with Crippen molar-refractivity contribution in [3.63, 3.8) is 0 Å². The molecule has 2 aromatic heterocycles. The van der Waals surface area contributed by atoms with E-state index in [1.807, 2.05) is 41.6 Å². The van der Waals surface area contributed by atoms with Crippen LogP contribution in [0.3, 0.4) is 0 Å². The van der Waals surface area contributed by atoms with E-state index in [-0.39, 0.29) is 0 Å². The Morgan fingerprint density at radius 3 is 2.64 bits per heavy atom. The van der Waals surface area contributed by atoms with Gasteiger partial charge < -0.3 is 4.57 Å². The molecule has 0 amide bonds. The molecule has 3 heterocycles. The Balaban J connectivity index is 1.52. The van der Waals surface area contributed by atoms with Crippen LogP contribution in [0.25, 0.3) is 16.9 Å². The molecule has 3 aromatic rings. The second-order valence-corrected chi connectivity index (χ2v) is 6.89. The van der Waals surface area contributed by atoms with Gasteiger partial charge in [0.2, 0.25) is 0 Å². The summed E-state index contributed by atoms with van der Waals surface area (Å²) < 4.78 is 4.17. The van der Waals surface area contributed by atoms with E-state index in [1.54, 1.807) is 0 Å². The fourth-order valence-electron chi connectivity index (χ4n) is 3.64. The van der Waals surface area contributed by atoms with Gasteiger partial charge in [-0.05, 0) is 45.0 Å². The average Bonchev–Trinajstić information content (AvgIpc) is 3.32. The molecular weight excluding hydrogens is 310 g/mol. The highest BCUT2D eigenvalue weighted by molar-refractivity contribution is 5.57. The van der Waals surface area contributed by atoms with Crippen molar-refractivity contribution in [3.8, 4) is 16.9 Å². The summed E-state index contributed by atoms with van der Waals surface area (Å²) in [5, 5.41) is 4.52. The van der Waals surface area contributed by atoms with Crippen molar-refractivity contribution in [2.24, 2.45) is 0 Å². The highest BCUT2D eigenvalue weighted by Gasteiger charge is 2.18. The van der Waals surface area contributed by atoms with Crippen LogP contribution in [0.15, 0.2) is 55.2 Å². The number of nitrogens with zero attached hydrogens (tertiary/aromatic N) is 5. The lowest BCUT2D eigenvalue weighted by atomic mass is 10.1. The van der Waals surface area contributed by atoms with Crippen LogP contribution in [0.1, 0.15) is 26.2 Å². The summed E-state index contributed by atoms with van der Waals surface area (Å²) in [6.07, 6.45) is 11.9. The van der Waals surface area contributed by atoms with Crippen LogP contribution < -0.4 is 0 Å². The smallest absolute Gasteiger partial charge is 0.0951 e. The van der Waals surface area contributed by atoms with Gasteiger partial charge in [-0.1, -0.05) is 24.6 Å². The van der Waals surface area contributed by atoms with E-state index in [0.29, 0.717) is 6.04 Å². The molecule has 1 aliphatic heterocycles. The molecule has 4 rings (SSSR count). The maximum Gasteiger partial charge on any atom is 0.0951 e. The summed E-state index contributed by atoms with van der Waals surface area (Å²) in [4.78, 5) is 6.98. The zero-order chi connectivity index (χ0) is 17.1. The third-order valence-electron chi connectivity index (χ3n) is 5.09. The number of para-hydroxylation sites is 1. The second-order valence-electron chi connectivity index (χ2n) is 6.89. The Labute approximate surface area is 148 Å². The molecule has 130 valence electrons. The molecule has 25 heavy (non-hydrogen) atoms. The van der Waals surface area contributed by atoms with Crippen LogP contribution in [-0.2, 0) is 6.54 Å². The first-order valence-electron chi connectivity index (χ1n) is 9.16. The van der Waals surface area contributed by atoms with Gasteiger partial charge in [0, 0.05) is 24.3 Å². The summed E-state index contributed by atoms with van der Waals surface area (Å²) in [6.45, 7) is 5.72. The van der Waals surface area contributed by atoms with Crippen LogP contribution in [0.4, 0.5) is 0 Å². The zero-order valence-corrected chi connectivity index (χ0v) is 14.8. The highest BCUT2D eigenvalue weighted by Crippen LogP contribution is 2.21. The molecule has 5 nitrogen and oxygen atoms in total. The minimum absolute atomic E-state index is 0.525. The van der Waals surface area contributed by atoms with Gasteiger partial charge in [0.15, 0.2) is 0 Å². The standard InChI is InChI=1S/C20H25N5/c1-17(23-10-6-3-7-11-23)14-24-16-21-13-20(24)18-12-22-25(15-18)19-8-4-2-5-9-19/h2,4-5,8-9,12-13,15-17H,3,6-7,10-11,14H2,1H3/t17-/m1/s1. The predicted molar refractivity (Wildman–Crippen MR) is 99.7 cm³/mol. The van der Waals surface area contributed by atoms with Crippen LogP contribution >= 0.6 is 0 Å². The molecule has 0 unspecified atom stereocenters. The molecule has 0 bridgehead atoms. The predicted octanol–water partition coefficient (Wildman–Crippen LogP) is 3.61. The van der Waals surface area contributed by atoms with Crippen molar-refractivity contribution in [1.82, 2.24) is 24.2 Å². The monoisotopic (exact) mass is 335 g/mol. The number of piperidine rings is 1. The Bertz CT molecular complexity index is 798. The number of imidazole rings is 1. The Morgan fingerprint density at radius 1 is 1.04 bits per heavy atom. The van der Waals surface area contributed by atoms with E-state index >= 15 is 0 Å². The van der Waals surface area contributed by atoms with E-state index in [1.165, 1.54) is 32.4 Å². The van der Waals surface area contributed by atoms with Crippen molar-refractivity contribution < 1.29 is 0 Å². The molecule has 0 N–H and O–H groups in total. The van der Waals surface area contributed by atoms with Gasteiger partial charge in [0.25, 0.3) is 0 Å². The van der Waals surface area contributed by atoms with Crippen LogP contribution in [0.2, 0.25) is 0 Å². The first-order chi connectivity index (χ1) is 12.3. The summed E-state index contributed by atoms with van der Waals surface area (Å²) in [6, 6.07) is 10.7. The van der Waals surface area contributed by atoms with Gasteiger partial charge in [-0.25, -0.2) is 9.67 Å². The lowest BCUT2D eigenvalue weighted by molar-refractivity contribution is 0.160. The molecule has 0 spiro atoms. The second kappa shape index (κ2) is 7.23. The molecule has 0 saturated carbocycles. The topological polar surface area (TPSA) is 38.9 Å². The molecule has 1 saturated heterocycles. The SMILES string of the molecule is C[C@H](Cn1cncc1-c1cnn(-c2ccccc2)c1)N1CCCCC1. The minimum atomic E-state index is 0.525. The third kappa shape index (κ3) is 3.51. The molecule has 1 fully saturated rings. The molecule has 1 aromatic carbocycles. The lowest BCUT2D eigenvalue weighted by Crippen LogP contribution is -2.39. The van der Waals surface area contributed by atoms with Crippen molar-refractivity contribution in [2.75, 3.05) is 13.1 Å². The lowest BCUT2D eigenvalue weighted by Gasteiger charge is -2.32. The highest BCUT2D eigenvalue weighted by atomic mass is 15.3. The summed E-state index contributed by atoms with van der Waals surface area (Å²) in [5.41, 5.74) is 3.31. The maximum absolute atomic E-state index is 4.52. The average molecular weight is 335 g/mol. The summed E-state index contributed by atoms with van der Waals surface area (Å²) in [5.74, 6) is 0. The van der Waals surface area contributed by atoms with Crippen LogP contribution in [0, 0.1) is 0 Å². The molecular formula is C20H25N5. The third-order valence-corrected chi connectivity index (χ3v) is 5.09. The molecule has 0 radical (unpaired) electrons. The van der Waals surface area contributed by atoms with E-state index in [0.717, 1.165) is 23.5 Å². The van der Waals surface area contributed by atoms with Gasteiger partial charge in [0.1, 0.15) is 0 Å². The normalized spacial score (nSPS) is 16.8. The number of hydrogen-bond acceptors (Lipinski definition) is 3. The first kappa shape index (κ1) is 16.1. The Morgan fingerprint density at radius 2 is 1.84 bits per heavy atom. The van der Waals surface area contributed by atoms with Crippen LogP contribution in [-0.4, -0.2) is 43.4 Å². The van der Waals surface area contributed by atoms with Gasteiger partial charge in [-0.15, -0.1) is 0 Å². The largest absolute Gasteiger partial charge is 0.329 e. The van der Waals surface area contributed by atoms with Crippen molar-refractivity contribution in [1.29, 1.82) is 0 Å². The molecule has 0 aliphatic carbocycles. The van der Waals surface area contributed by atoms with E-state index in [4.69, 9.17) is 0 Å². The fraction of sp³-hybridized carbons (Fsp3) is 0.400. The Hall–Kier alpha value is -2.40. The van der Waals surface area contributed by atoms with Gasteiger partial charge in [0.05, 0.1) is 30.1 Å². The first-order valence-corrected chi connectivity index (χ1v) is 9.16. The van der Waals surface area contributed by atoms with Gasteiger partial charge in [-0.3, -0.25) is 4.90 Å². The molecule has 1 atom stereocenters. The number of benzene rings is 1. The summed E-state index contributed by atoms with van der Waals surface area (Å²) >= 11 is 0. The van der Waals surface area contributed by atoms with Gasteiger partial charge >= 0.3 is 0 Å². The van der Waals surface area contributed by atoms with Crippen molar-refractivity contribution >= 4 is 0 Å². The molecule has 1 aliphatic rings. The van der Waals surface area contributed by atoms with E-state index < -0.39 is 0 Å². The maximum atomic E-state index is 4.52. The fourth-order valence-corrected chi connectivity index (χ4v) is 3.64. The zero-order valence-electron chi connectivity index (χ0n) is 14.8.